The third kappa shape index (κ3) is 8.37. The second-order valence-electron chi connectivity index (χ2n) is 6.23. The van der Waals surface area contributed by atoms with Crippen LogP contribution in [0, 0.1) is 0 Å². The first-order valence-electron chi connectivity index (χ1n) is 7.22. The lowest BCUT2D eigenvalue weighted by Gasteiger charge is -2.23. The summed E-state index contributed by atoms with van der Waals surface area (Å²) in [7, 11) is 0. The number of rotatable bonds is 6. The summed E-state index contributed by atoms with van der Waals surface area (Å²) in [6.45, 7) is 5.35. The van der Waals surface area contributed by atoms with E-state index in [0.717, 1.165) is 14.5 Å². The number of carboxylic acids is 1. The molecular weight excluding hydrogens is 430 g/mol. The van der Waals surface area contributed by atoms with Gasteiger partial charge in [-0.05, 0) is 83.2 Å². The SMILES string of the molecule is CC(C)(C)OC(=O)NC(CCC(=O)O)Cc1ccc(Br)c(Br)c1. The number of alkyl carbamates (subject to hydrolysis) is 1. The van der Waals surface area contributed by atoms with Gasteiger partial charge in [-0.15, -0.1) is 0 Å². The molecule has 0 aliphatic carbocycles. The fourth-order valence-electron chi connectivity index (χ4n) is 1.95. The lowest BCUT2D eigenvalue weighted by atomic mass is 10.0. The van der Waals surface area contributed by atoms with Gasteiger partial charge in [0.25, 0.3) is 0 Å². The van der Waals surface area contributed by atoms with Crippen LogP contribution < -0.4 is 5.32 Å². The van der Waals surface area contributed by atoms with Gasteiger partial charge in [0.2, 0.25) is 0 Å². The number of benzene rings is 1. The molecule has 2 N–H and O–H groups in total. The molecule has 1 rings (SSSR count). The summed E-state index contributed by atoms with van der Waals surface area (Å²) in [5.74, 6) is -0.891. The molecule has 0 bridgehead atoms. The van der Waals surface area contributed by atoms with E-state index in [1.54, 1.807) is 20.8 Å². The topological polar surface area (TPSA) is 75.6 Å². The number of carbonyl (C=O) groups is 2. The standard InChI is InChI=1S/C16H21Br2NO4/c1-16(2,3)23-15(22)19-11(5-7-14(20)21)8-10-4-6-12(17)13(18)9-10/h4,6,9,11H,5,7-8H2,1-3H3,(H,19,22)(H,20,21). The molecule has 0 spiro atoms. The molecule has 1 atom stereocenters. The predicted octanol–water partition coefficient (Wildman–Crippen LogP) is 4.51. The van der Waals surface area contributed by atoms with Crippen LogP contribution in [0.25, 0.3) is 0 Å². The van der Waals surface area contributed by atoms with Gasteiger partial charge in [0.15, 0.2) is 0 Å². The minimum atomic E-state index is -0.891. The van der Waals surface area contributed by atoms with Gasteiger partial charge in [0, 0.05) is 21.4 Å². The van der Waals surface area contributed by atoms with Gasteiger partial charge in [0.1, 0.15) is 5.60 Å². The number of carboxylic acid groups (broad SMARTS) is 1. The van der Waals surface area contributed by atoms with Crippen LogP contribution in [0.15, 0.2) is 27.1 Å². The highest BCUT2D eigenvalue weighted by molar-refractivity contribution is 9.13. The Morgan fingerprint density at radius 2 is 1.91 bits per heavy atom. The number of ether oxygens (including phenoxy) is 1. The lowest BCUT2D eigenvalue weighted by Crippen LogP contribution is -2.40. The molecule has 0 aliphatic heterocycles. The quantitative estimate of drug-likeness (QED) is 0.668. The Bertz CT molecular complexity index is 570. The maximum Gasteiger partial charge on any atom is 0.407 e. The maximum atomic E-state index is 11.9. The van der Waals surface area contributed by atoms with Crippen LogP contribution in [-0.4, -0.2) is 28.8 Å². The Balaban J connectivity index is 2.76. The summed E-state index contributed by atoms with van der Waals surface area (Å²) < 4.78 is 7.08. The van der Waals surface area contributed by atoms with E-state index in [2.05, 4.69) is 37.2 Å². The minimum absolute atomic E-state index is 0.0157. The molecule has 0 aliphatic rings. The first-order chi connectivity index (χ1) is 10.6. The van der Waals surface area contributed by atoms with Crippen molar-refractivity contribution >= 4 is 43.9 Å². The molecule has 0 saturated heterocycles. The number of amides is 1. The molecule has 1 amide bonds. The van der Waals surface area contributed by atoms with Gasteiger partial charge in [-0.25, -0.2) is 4.79 Å². The third-order valence-corrected chi connectivity index (χ3v) is 4.77. The zero-order valence-electron chi connectivity index (χ0n) is 13.4. The van der Waals surface area contributed by atoms with Crippen LogP contribution in [0.1, 0.15) is 39.2 Å². The molecule has 1 aromatic rings. The van der Waals surface area contributed by atoms with Gasteiger partial charge in [0.05, 0.1) is 0 Å². The van der Waals surface area contributed by atoms with Gasteiger partial charge >= 0.3 is 12.1 Å². The largest absolute Gasteiger partial charge is 0.481 e. The average molecular weight is 451 g/mol. The van der Waals surface area contributed by atoms with Crippen LogP contribution in [-0.2, 0) is 16.0 Å². The van der Waals surface area contributed by atoms with Gasteiger partial charge in [-0.1, -0.05) is 6.07 Å². The number of aliphatic carboxylic acids is 1. The molecule has 23 heavy (non-hydrogen) atoms. The second kappa shape index (κ2) is 8.68. The highest BCUT2D eigenvalue weighted by Gasteiger charge is 2.20. The van der Waals surface area contributed by atoms with Gasteiger partial charge in [-0.3, -0.25) is 4.79 Å². The van der Waals surface area contributed by atoms with Gasteiger partial charge in [-0.2, -0.15) is 0 Å². The van der Waals surface area contributed by atoms with Gasteiger partial charge < -0.3 is 15.2 Å². The van der Waals surface area contributed by atoms with E-state index in [0.29, 0.717) is 12.8 Å². The Labute approximate surface area is 153 Å². The highest BCUT2D eigenvalue weighted by atomic mass is 79.9. The van der Waals surface area contributed by atoms with Crippen molar-refractivity contribution in [2.24, 2.45) is 0 Å². The molecule has 128 valence electrons. The zero-order valence-corrected chi connectivity index (χ0v) is 16.5. The first-order valence-corrected chi connectivity index (χ1v) is 8.80. The van der Waals surface area contributed by atoms with E-state index in [1.165, 1.54) is 0 Å². The molecule has 0 radical (unpaired) electrons. The van der Waals surface area contributed by atoms with Crippen LogP contribution >= 0.6 is 31.9 Å². The van der Waals surface area contributed by atoms with Crippen LogP contribution in [0.2, 0.25) is 0 Å². The normalized spacial score (nSPS) is 12.6. The van der Waals surface area contributed by atoms with E-state index < -0.39 is 17.7 Å². The van der Waals surface area contributed by atoms with E-state index in [4.69, 9.17) is 9.84 Å². The lowest BCUT2D eigenvalue weighted by molar-refractivity contribution is -0.137. The number of halogens is 2. The highest BCUT2D eigenvalue weighted by Crippen LogP contribution is 2.24. The summed E-state index contributed by atoms with van der Waals surface area (Å²) >= 11 is 6.84. The molecule has 5 nitrogen and oxygen atoms in total. The van der Waals surface area contributed by atoms with Crippen LogP contribution in [0.4, 0.5) is 4.79 Å². The third-order valence-electron chi connectivity index (χ3n) is 2.89. The van der Waals surface area contributed by atoms with Crippen molar-refractivity contribution < 1.29 is 19.4 Å². The minimum Gasteiger partial charge on any atom is -0.481 e. The second-order valence-corrected chi connectivity index (χ2v) is 7.94. The van der Waals surface area contributed by atoms with Crippen LogP contribution in [0.5, 0.6) is 0 Å². The molecule has 0 saturated carbocycles. The molecule has 0 aromatic heterocycles. The number of hydrogen-bond donors (Lipinski definition) is 2. The van der Waals surface area contributed by atoms with E-state index in [-0.39, 0.29) is 12.5 Å². The Hall–Kier alpha value is -1.08. The van der Waals surface area contributed by atoms with Crippen molar-refractivity contribution in [1.82, 2.24) is 5.32 Å². The molecule has 1 unspecified atom stereocenters. The fourth-order valence-corrected chi connectivity index (χ4v) is 2.62. The Kier molecular flexibility index (Phi) is 7.54. The molecule has 0 fully saturated rings. The Morgan fingerprint density at radius 3 is 2.43 bits per heavy atom. The number of carbonyl (C=O) groups excluding carboxylic acids is 1. The molecule has 7 heteroatoms. The zero-order chi connectivity index (χ0) is 17.6. The molecule has 0 heterocycles. The van der Waals surface area contributed by atoms with Crippen molar-refractivity contribution in [3.63, 3.8) is 0 Å². The van der Waals surface area contributed by atoms with Crippen molar-refractivity contribution in [3.8, 4) is 0 Å². The Morgan fingerprint density at radius 1 is 1.26 bits per heavy atom. The average Bonchev–Trinajstić information content (AvgIpc) is 2.38. The summed E-state index contributed by atoms with van der Waals surface area (Å²) in [5, 5.41) is 11.6. The first kappa shape index (κ1) is 20.0. The van der Waals surface area contributed by atoms with Crippen LogP contribution in [0.3, 0.4) is 0 Å². The number of nitrogens with one attached hydrogen (secondary N) is 1. The summed E-state index contributed by atoms with van der Waals surface area (Å²) in [5.41, 5.74) is 0.397. The van der Waals surface area contributed by atoms with Crippen molar-refractivity contribution in [3.05, 3.63) is 32.7 Å². The van der Waals surface area contributed by atoms with E-state index >= 15 is 0 Å². The number of hydrogen-bond acceptors (Lipinski definition) is 3. The smallest absolute Gasteiger partial charge is 0.407 e. The van der Waals surface area contributed by atoms with Crippen molar-refractivity contribution in [2.75, 3.05) is 0 Å². The van der Waals surface area contributed by atoms with Crippen molar-refractivity contribution in [2.45, 2.75) is 51.7 Å². The van der Waals surface area contributed by atoms with Crippen molar-refractivity contribution in [1.29, 1.82) is 0 Å². The maximum absolute atomic E-state index is 11.9. The predicted molar refractivity (Wildman–Crippen MR) is 95.6 cm³/mol. The summed E-state index contributed by atoms with van der Waals surface area (Å²) in [4.78, 5) is 22.7. The van der Waals surface area contributed by atoms with E-state index in [1.807, 2.05) is 18.2 Å². The monoisotopic (exact) mass is 449 g/mol. The summed E-state index contributed by atoms with van der Waals surface area (Å²) in [6, 6.07) is 5.46. The van der Waals surface area contributed by atoms with E-state index in [9.17, 15) is 9.59 Å². The summed E-state index contributed by atoms with van der Waals surface area (Å²) in [6.07, 6.45) is 0.308. The fraction of sp³-hybridized carbons (Fsp3) is 0.500. The molecule has 1 aromatic carbocycles. The molecular formula is C16H21Br2NO4.